The molecule has 0 radical (unpaired) electrons. The number of hydrogen-bond donors (Lipinski definition) is 0. The molecular formula is C48H55N7Pt. The summed E-state index contributed by atoms with van der Waals surface area (Å²) in [6.07, 6.45) is 28.7. The van der Waals surface area contributed by atoms with Gasteiger partial charge in [0.25, 0.3) is 0 Å². The van der Waals surface area contributed by atoms with Crippen molar-refractivity contribution in [3.05, 3.63) is 150 Å². The van der Waals surface area contributed by atoms with E-state index in [4.69, 9.17) is 24.8 Å². The molecule has 0 spiro atoms. The van der Waals surface area contributed by atoms with Crippen LogP contribution in [-0.2, 0) is 21.1 Å². The minimum Gasteiger partial charge on any atom is -0.502 e. The fourth-order valence-electron chi connectivity index (χ4n) is 5.82. The zero-order chi connectivity index (χ0) is 39.7. The summed E-state index contributed by atoms with van der Waals surface area (Å²) in [4.78, 5) is 12.2. The van der Waals surface area contributed by atoms with E-state index in [1.807, 2.05) is 0 Å². The second-order valence-electron chi connectivity index (χ2n) is 13.1. The van der Waals surface area contributed by atoms with Gasteiger partial charge in [0.15, 0.2) is 0 Å². The Morgan fingerprint density at radius 3 is 1.12 bits per heavy atom. The summed E-state index contributed by atoms with van der Waals surface area (Å²) < 4.78 is 0. The third kappa shape index (κ3) is 15.1. The van der Waals surface area contributed by atoms with Gasteiger partial charge in [0, 0.05) is 38.9 Å². The zero-order valence-corrected chi connectivity index (χ0v) is 35.7. The van der Waals surface area contributed by atoms with E-state index in [1.54, 1.807) is 48.5 Å². The third-order valence-electron chi connectivity index (χ3n) is 8.94. The Hall–Kier alpha value is -5.24. The van der Waals surface area contributed by atoms with Crippen LogP contribution < -0.4 is 19.6 Å². The average molecular weight is 925 g/mol. The first-order chi connectivity index (χ1) is 27.0. The molecule has 4 aromatic rings. The molecule has 4 aromatic carbocycles. The topological polar surface area (TPSA) is 61.7 Å². The number of nitrogens with zero attached hydrogens (tertiary/aromatic N) is 7. The van der Waals surface area contributed by atoms with Gasteiger partial charge in [-0.1, -0.05) is 113 Å². The van der Waals surface area contributed by atoms with Crippen molar-refractivity contribution in [2.75, 3.05) is 45.8 Å². The van der Waals surface area contributed by atoms with Crippen LogP contribution in [0.4, 0.5) is 28.4 Å². The van der Waals surface area contributed by atoms with Crippen molar-refractivity contribution in [2.45, 2.75) is 79.1 Å². The van der Waals surface area contributed by atoms with Crippen LogP contribution in [0.2, 0.25) is 0 Å². The molecule has 2 aliphatic heterocycles. The van der Waals surface area contributed by atoms with Gasteiger partial charge in [0.2, 0.25) is 0 Å². The first kappa shape index (κ1) is 46.9. The SMILES string of the molecule is CCCCN1[CH-]N(CCCC)c2ccccc21.CCCCN1[CH-]N(CCCC)c2ccccc21.[C-]#Cc1ccc(C#C)cc1.[C-]#Cc1ccc(N=[N+]=[N-])cc1.[Pt+4]. The second kappa shape index (κ2) is 27.4. The van der Waals surface area contributed by atoms with Crippen molar-refractivity contribution in [1.82, 2.24) is 0 Å². The van der Waals surface area contributed by atoms with E-state index in [2.05, 4.69) is 137 Å². The van der Waals surface area contributed by atoms with Crippen molar-refractivity contribution < 1.29 is 21.1 Å². The number of para-hydroxylation sites is 4. The van der Waals surface area contributed by atoms with Crippen LogP contribution in [0.15, 0.2) is 102 Å². The molecule has 0 aliphatic carbocycles. The van der Waals surface area contributed by atoms with Gasteiger partial charge < -0.3 is 32.4 Å². The van der Waals surface area contributed by atoms with Gasteiger partial charge in [0.05, 0.1) is 0 Å². The molecule has 7 nitrogen and oxygen atoms in total. The zero-order valence-electron chi connectivity index (χ0n) is 33.4. The number of hydrogen-bond acceptors (Lipinski definition) is 5. The standard InChI is InChI=1S/2C15H23N2.C10H5.C8H4N3.Pt/c2*1-3-5-11-16-13-17(12-6-4-2)15-10-8-7-9-14(15)16;1-3-9-5-7-10(4-2)8-6-9;1-2-7-3-5-8(6-4-7)10-11-9;/h2*7-10,13H,3-6,11-12H2,1-2H3;1,5-8H;3-6H;/q4*-1;+4. The molecule has 0 aromatic heterocycles. The predicted molar refractivity (Wildman–Crippen MR) is 233 cm³/mol. The van der Waals surface area contributed by atoms with Gasteiger partial charge >= 0.3 is 21.1 Å². The minimum absolute atomic E-state index is 0. The fourth-order valence-corrected chi connectivity index (χ4v) is 5.82. The molecule has 2 aliphatic rings. The number of azide groups is 1. The molecule has 8 heteroatoms. The Kier molecular flexibility index (Phi) is 22.9. The van der Waals surface area contributed by atoms with Crippen LogP contribution in [0.5, 0.6) is 0 Å². The minimum atomic E-state index is 0. The van der Waals surface area contributed by atoms with Crippen LogP contribution in [0.1, 0.15) is 95.8 Å². The predicted octanol–water partition coefficient (Wildman–Crippen LogP) is 12.2. The molecule has 6 rings (SSSR count). The number of unbranched alkanes of at least 4 members (excludes halogenated alkanes) is 4. The normalized spacial score (nSPS) is 11.6. The van der Waals surface area contributed by atoms with Crippen molar-refractivity contribution in [2.24, 2.45) is 5.11 Å². The number of terminal acetylenes is 1. The largest absolute Gasteiger partial charge is 4.00 e. The summed E-state index contributed by atoms with van der Waals surface area (Å²) in [5, 5.41) is 3.37. The summed E-state index contributed by atoms with van der Waals surface area (Å²) in [6, 6.07) is 31.2. The maximum atomic E-state index is 8.05. The summed E-state index contributed by atoms with van der Waals surface area (Å²) >= 11 is 0. The molecule has 0 fully saturated rings. The van der Waals surface area contributed by atoms with Crippen molar-refractivity contribution in [3.63, 3.8) is 0 Å². The van der Waals surface area contributed by atoms with Crippen LogP contribution in [-0.4, -0.2) is 26.2 Å². The van der Waals surface area contributed by atoms with Crippen molar-refractivity contribution in [3.8, 4) is 24.2 Å². The maximum absolute atomic E-state index is 8.05. The molecule has 0 atom stereocenters. The van der Waals surface area contributed by atoms with Gasteiger partial charge in [-0.05, 0) is 81.7 Å². The molecule has 0 bridgehead atoms. The summed E-state index contributed by atoms with van der Waals surface area (Å²) in [5.41, 5.74) is 16.3. The molecule has 0 saturated carbocycles. The molecular weight excluding hydrogens is 870 g/mol. The average Bonchev–Trinajstić information content (AvgIpc) is 3.79. The van der Waals surface area contributed by atoms with Gasteiger partial charge in [-0.3, -0.25) is 11.8 Å². The van der Waals surface area contributed by atoms with Gasteiger partial charge in [0.1, 0.15) is 0 Å². The number of benzene rings is 4. The fraction of sp³-hybridized carbons (Fsp3) is 0.333. The quantitative estimate of drug-likeness (QED) is 0.0441. The number of anilines is 4. The first-order valence-corrected chi connectivity index (χ1v) is 19.5. The van der Waals surface area contributed by atoms with Crippen molar-refractivity contribution in [1.29, 1.82) is 0 Å². The van der Waals surface area contributed by atoms with E-state index in [-0.39, 0.29) is 21.1 Å². The third-order valence-corrected chi connectivity index (χ3v) is 8.94. The summed E-state index contributed by atoms with van der Waals surface area (Å²) in [7, 11) is 0. The van der Waals surface area contributed by atoms with Gasteiger partial charge in [-0.25, -0.2) is 0 Å². The Morgan fingerprint density at radius 1 is 0.554 bits per heavy atom. The molecule has 292 valence electrons. The Morgan fingerprint density at radius 2 is 0.857 bits per heavy atom. The van der Waals surface area contributed by atoms with E-state index in [9.17, 15) is 0 Å². The molecule has 0 saturated heterocycles. The Labute approximate surface area is 352 Å². The Bertz CT molecular complexity index is 1710. The van der Waals surface area contributed by atoms with Crippen LogP contribution in [0.25, 0.3) is 10.4 Å². The number of rotatable bonds is 13. The monoisotopic (exact) mass is 924 g/mol. The molecule has 56 heavy (non-hydrogen) atoms. The van der Waals surface area contributed by atoms with E-state index >= 15 is 0 Å². The Balaban J connectivity index is 0.000000263. The van der Waals surface area contributed by atoms with E-state index in [1.165, 1.54) is 74.1 Å². The van der Waals surface area contributed by atoms with E-state index < -0.39 is 0 Å². The van der Waals surface area contributed by atoms with Crippen molar-refractivity contribution >= 4 is 28.4 Å². The van der Waals surface area contributed by atoms with Crippen LogP contribution >= 0.6 is 0 Å². The molecule has 0 N–H and O–H groups in total. The molecule has 2 heterocycles. The maximum Gasteiger partial charge on any atom is 4.00 e. The van der Waals surface area contributed by atoms with Gasteiger partial charge in [-0.15, -0.1) is 41.8 Å². The first-order valence-electron chi connectivity index (χ1n) is 19.5. The second-order valence-corrected chi connectivity index (χ2v) is 13.1. The van der Waals surface area contributed by atoms with Gasteiger partial charge in [-0.2, -0.15) is 13.3 Å². The molecule has 0 amide bonds. The summed E-state index contributed by atoms with van der Waals surface area (Å²) in [6.45, 7) is 18.1. The van der Waals surface area contributed by atoms with Crippen LogP contribution in [0, 0.1) is 50.4 Å². The van der Waals surface area contributed by atoms with Crippen LogP contribution in [0.3, 0.4) is 0 Å². The molecule has 0 unspecified atom stereocenters. The van der Waals surface area contributed by atoms with E-state index in [0.717, 1.165) is 37.3 Å². The van der Waals surface area contributed by atoms with E-state index in [0.29, 0.717) is 11.3 Å². The number of fused-ring (bicyclic) bond motifs is 2. The smallest absolute Gasteiger partial charge is 0.502 e. The summed E-state index contributed by atoms with van der Waals surface area (Å²) in [5.74, 6) is 6.96.